The fourth-order valence-electron chi connectivity index (χ4n) is 2.88. The second-order valence-electron chi connectivity index (χ2n) is 5.14. The standard InChI is InChI=1S/C16H13BrN2O/c17-12-8-11-6-7-13-15(14(11)18-9-12)19-16(20-13)10-4-2-1-3-5-10/h1-5,8-9,13,15H,6-7H2/t13-,15-/m1/s1. The van der Waals surface area contributed by atoms with Crippen molar-refractivity contribution in [1.29, 1.82) is 0 Å². The molecule has 1 aliphatic heterocycles. The average Bonchev–Trinajstić information content (AvgIpc) is 2.92. The molecule has 0 amide bonds. The zero-order valence-electron chi connectivity index (χ0n) is 10.8. The van der Waals surface area contributed by atoms with Gasteiger partial charge < -0.3 is 4.74 Å². The van der Waals surface area contributed by atoms with Crippen molar-refractivity contribution in [2.75, 3.05) is 0 Å². The Morgan fingerprint density at radius 3 is 2.90 bits per heavy atom. The van der Waals surface area contributed by atoms with Gasteiger partial charge in [-0.15, -0.1) is 0 Å². The van der Waals surface area contributed by atoms with Gasteiger partial charge in [0.2, 0.25) is 5.90 Å². The van der Waals surface area contributed by atoms with E-state index in [1.54, 1.807) is 0 Å². The molecule has 2 atom stereocenters. The maximum absolute atomic E-state index is 6.04. The minimum Gasteiger partial charge on any atom is -0.471 e. The Labute approximate surface area is 125 Å². The van der Waals surface area contributed by atoms with E-state index in [-0.39, 0.29) is 12.1 Å². The number of hydrogen-bond acceptors (Lipinski definition) is 3. The summed E-state index contributed by atoms with van der Waals surface area (Å²) in [5.74, 6) is 0.748. The van der Waals surface area contributed by atoms with Crippen LogP contribution >= 0.6 is 15.9 Å². The van der Waals surface area contributed by atoms with Crippen LogP contribution in [-0.2, 0) is 11.2 Å². The van der Waals surface area contributed by atoms with E-state index in [0.29, 0.717) is 0 Å². The highest BCUT2D eigenvalue weighted by molar-refractivity contribution is 9.10. The molecular weight excluding hydrogens is 316 g/mol. The third-order valence-corrected chi connectivity index (χ3v) is 4.27. The highest BCUT2D eigenvalue weighted by Gasteiger charge is 2.38. The van der Waals surface area contributed by atoms with Crippen LogP contribution in [0.5, 0.6) is 0 Å². The molecule has 2 heterocycles. The van der Waals surface area contributed by atoms with Crippen LogP contribution in [-0.4, -0.2) is 17.0 Å². The fraction of sp³-hybridized carbons (Fsp3) is 0.250. The number of aromatic nitrogens is 1. The molecule has 2 aliphatic rings. The molecule has 0 bridgehead atoms. The molecule has 0 N–H and O–H groups in total. The molecule has 1 aromatic carbocycles. The molecule has 0 unspecified atom stereocenters. The first-order valence-electron chi connectivity index (χ1n) is 6.75. The molecule has 0 saturated carbocycles. The van der Waals surface area contributed by atoms with Crippen LogP contribution in [0.3, 0.4) is 0 Å². The van der Waals surface area contributed by atoms with Crippen molar-refractivity contribution in [1.82, 2.24) is 4.98 Å². The number of rotatable bonds is 1. The number of hydrogen-bond donors (Lipinski definition) is 0. The number of pyridine rings is 1. The monoisotopic (exact) mass is 328 g/mol. The van der Waals surface area contributed by atoms with Crippen molar-refractivity contribution in [2.45, 2.75) is 25.0 Å². The molecule has 2 aromatic rings. The van der Waals surface area contributed by atoms with E-state index >= 15 is 0 Å². The zero-order valence-corrected chi connectivity index (χ0v) is 12.4. The number of nitrogens with zero attached hydrogens (tertiary/aromatic N) is 2. The molecule has 0 radical (unpaired) electrons. The first-order chi connectivity index (χ1) is 9.81. The lowest BCUT2D eigenvalue weighted by atomic mass is 9.90. The van der Waals surface area contributed by atoms with Gasteiger partial charge in [0, 0.05) is 16.2 Å². The predicted molar refractivity (Wildman–Crippen MR) is 80.9 cm³/mol. The number of aliphatic imine (C=N–C) groups is 1. The molecule has 4 heteroatoms. The van der Waals surface area contributed by atoms with Crippen molar-refractivity contribution >= 4 is 21.8 Å². The normalized spacial score (nSPS) is 23.6. The van der Waals surface area contributed by atoms with Crippen molar-refractivity contribution in [2.24, 2.45) is 4.99 Å². The Kier molecular flexibility index (Phi) is 2.84. The van der Waals surface area contributed by atoms with Gasteiger partial charge in [0.05, 0.1) is 5.69 Å². The number of benzene rings is 1. The summed E-state index contributed by atoms with van der Waals surface area (Å²) in [5.41, 5.74) is 3.39. The average molecular weight is 329 g/mol. The van der Waals surface area contributed by atoms with E-state index in [1.165, 1.54) is 5.56 Å². The van der Waals surface area contributed by atoms with Crippen LogP contribution in [0.4, 0.5) is 0 Å². The third kappa shape index (κ3) is 1.95. The van der Waals surface area contributed by atoms with Crippen molar-refractivity contribution in [3.05, 3.63) is 63.9 Å². The molecule has 4 rings (SSSR count). The molecule has 3 nitrogen and oxygen atoms in total. The van der Waals surface area contributed by atoms with Crippen molar-refractivity contribution < 1.29 is 4.74 Å². The maximum Gasteiger partial charge on any atom is 0.217 e. The number of fused-ring (bicyclic) bond motifs is 3. The third-order valence-electron chi connectivity index (χ3n) is 3.84. The van der Waals surface area contributed by atoms with Gasteiger partial charge in [-0.1, -0.05) is 18.2 Å². The first-order valence-corrected chi connectivity index (χ1v) is 7.55. The second-order valence-corrected chi connectivity index (χ2v) is 6.05. The summed E-state index contributed by atoms with van der Waals surface area (Å²) in [7, 11) is 0. The Hall–Kier alpha value is -1.68. The number of aryl methyl sites for hydroxylation is 1. The lowest BCUT2D eigenvalue weighted by Crippen LogP contribution is -2.24. The minimum atomic E-state index is 0.0436. The van der Waals surface area contributed by atoms with Gasteiger partial charge >= 0.3 is 0 Å². The van der Waals surface area contributed by atoms with E-state index in [0.717, 1.165) is 34.5 Å². The van der Waals surface area contributed by atoms with E-state index < -0.39 is 0 Å². The van der Waals surface area contributed by atoms with Crippen molar-refractivity contribution in [3.63, 3.8) is 0 Å². The largest absolute Gasteiger partial charge is 0.471 e. The summed E-state index contributed by atoms with van der Waals surface area (Å²) in [6, 6.07) is 12.3. The van der Waals surface area contributed by atoms with Crippen LogP contribution in [0.25, 0.3) is 0 Å². The highest BCUT2D eigenvalue weighted by Crippen LogP contribution is 2.38. The van der Waals surface area contributed by atoms with Crippen LogP contribution in [0.2, 0.25) is 0 Å². The van der Waals surface area contributed by atoms with E-state index in [1.807, 2.05) is 36.5 Å². The zero-order chi connectivity index (χ0) is 13.5. The first kappa shape index (κ1) is 12.1. The van der Waals surface area contributed by atoms with Crippen LogP contribution < -0.4 is 0 Å². The van der Waals surface area contributed by atoms with Gasteiger partial charge in [-0.05, 0) is 52.5 Å². The van der Waals surface area contributed by atoms with Crippen molar-refractivity contribution in [3.8, 4) is 0 Å². The van der Waals surface area contributed by atoms with Gasteiger partial charge in [0.1, 0.15) is 12.1 Å². The summed E-state index contributed by atoms with van der Waals surface area (Å²) in [6.45, 7) is 0. The molecule has 0 spiro atoms. The summed E-state index contributed by atoms with van der Waals surface area (Å²) < 4.78 is 7.07. The van der Waals surface area contributed by atoms with Gasteiger partial charge in [-0.3, -0.25) is 4.98 Å². The predicted octanol–water partition coefficient (Wildman–Crippen LogP) is 3.68. The second kappa shape index (κ2) is 4.70. The lowest BCUT2D eigenvalue weighted by Gasteiger charge is -2.24. The van der Waals surface area contributed by atoms with Gasteiger partial charge in [-0.2, -0.15) is 0 Å². The smallest absolute Gasteiger partial charge is 0.217 e. The molecular formula is C16H13BrN2O. The Morgan fingerprint density at radius 1 is 1.20 bits per heavy atom. The summed E-state index contributed by atoms with van der Waals surface area (Å²) >= 11 is 3.48. The SMILES string of the molecule is Brc1cnc2c(c1)CC[C@H]1OC(c3ccccc3)=N[C@@H]21. The Bertz CT molecular complexity index is 684. The molecule has 0 saturated heterocycles. The Morgan fingerprint density at radius 2 is 2.05 bits per heavy atom. The quantitative estimate of drug-likeness (QED) is 0.800. The molecule has 100 valence electrons. The molecule has 0 fully saturated rings. The minimum absolute atomic E-state index is 0.0436. The van der Waals surface area contributed by atoms with Crippen LogP contribution in [0.1, 0.15) is 29.3 Å². The Balaban J connectivity index is 1.74. The summed E-state index contributed by atoms with van der Waals surface area (Å²) in [6.07, 6.45) is 3.97. The molecule has 1 aliphatic carbocycles. The summed E-state index contributed by atoms with van der Waals surface area (Å²) in [5, 5.41) is 0. The molecule has 20 heavy (non-hydrogen) atoms. The van der Waals surface area contributed by atoms with Crippen LogP contribution in [0.15, 0.2) is 52.1 Å². The lowest BCUT2D eigenvalue weighted by molar-refractivity contribution is 0.172. The van der Waals surface area contributed by atoms with E-state index in [9.17, 15) is 0 Å². The highest BCUT2D eigenvalue weighted by atomic mass is 79.9. The fourth-order valence-corrected chi connectivity index (χ4v) is 3.26. The summed E-state index contributed by atoms with van der Waals surface area (Å²) in [4.78, 5) is 9.32. The van der Waals surface area contributed by atoms with E-state index in [2.05, 4.69) is 27.0 Å². The number of ether oxygens (including phenoxy) is 1. The maximum atomic E-state index is 6.04. The van der Waals surface area contributed by atoms with Crippen LogP contribution in [0, 0.1) is 0 Å². The van der Waals surface area contributed by atoms with Gasteiger partial charge in [-0.25, -0.2) is 4.99 Å². The number of halogens is 1. The van der Waals surface area contributed by atoms with Gasteiger partial charge in [0.15, 0.2) is 0 Å². The van der Waals surface area contributed by atoms with Gasteiger partial charge in [0.25, 0.3) is 0 Å². The van der Waals surface area contributed by atoms with E-state index in [4.69, 9.17) is 9.73 Å². The molecule has 1 aromatic heterocycles. The topological polar surface area (TPSA) is 34.5 Å².